The number of fused-ring (bicyclic) bond motifs is 1. The highest BCUT2D eigenvalue weighted by atomic mass is 15.1. The van der Waals surface area contributed by atoms with Crippen molar-refractivity contribution in [3.8, 4) is 0 Å². The number of hydrogen-bond acceptors (Lipinski definition) is 3. The molecule has 0 aromatic heterocycles. The number of hydrogen-bond donors (Lipinski definition) is 3. The normalized spacial score (nSPS) is 36.7. The Morgan fingerprint density at radius 1 is 1.53 bits per heavy atom. The summed E-state index contributed by atoms with van der Waals surface area (Å²) >= 11 is 0. The van der Waals surface area contributed by atoms with Gasteiger partial charge in [0, 0.05) is 12.7 Å². The maximum atomic E-state index is 3.66. The first-order valence-electron chi connectivity index (χ1n) is 6.08. The van der Waals surface area contributed by atoms with Gasteiger partial charge in [0.1, 0.15) is 0 Å². The van der Waals surface area contributed by atoms with Gasteiger partial charge in [-0.1, -0.05) is 11.6 Å². The van der Waals surface area contributed by atoms with Gasteiger partial charge >= 0.3 is 0 Å². The van der Waals surface area contributed by atoms with E-state index in [1.54, 1.807) is 5.57 Å². The van der Waals surface area contributed by atoms with E-state index >= 15 is 0 Å². The second-order valence-corrected chi connectivity index (χ2v) is 4.80. The average Bonchev–Trinajstić information content (AvgIpc) is 2.48. The Morgan fingerprint density at radius 2 is 2.40 bits per heavy atom. The number of nitrogens with one attached hydrogen (secondary N) is 3. The van der Waals surface area contributed by atoms with Gasteiger partial charge in [-0.2, -0.15) is 0 Å². The average molecular weight is 209 g/mol. The first-order valence-corrected chi connectivity index (χ1v) is 6.08. The summed E-state index contributed by atoms with van der Waals surface area (Å²) in [6, 6.07) is 0.664. The topological polar surface area (TPSA) is 36.1 Å². The van der Waals surface area contributed by atoms with Crippen LogP contribution in [0.15, 0.2) is 11.6 Å². The van der Waals surface area contributed by atoms with Gasteiger partial charge in [-0.15, -0.1) is 0 Å². The fourth-order valence-corrected chi connectivity index (χ4v) is 2.97. The zero-order chi connectivity index (χ0) is 10.7. The van der Waals surface area contributed by atoms with Crippen molar-refractivity contribution in [3.63, 3.8) is 0 Å². The molecule has 1 aliphatic heterocycles. The summed E-state index contributed by atoms with van der Waals surface area (Å²) in [5, 5.41) is 10.4. The van der Waals surface area contributed by atoms with Crippen molar-refractivity contribution in [2.24, 2.45) is 11.8 Å². The predicted molar refractivity (Wildman–Crippen MR) is 63.7 cm³/mol. The smallest absolute Gasteiger partial charge is 0.0456 e. The van der Waals surface area contributed by atoms with E-state index in [0.717, 1.165) is 31.6 Å². The van der Waals surface area contributed by atoms with Crippen LogP contribution in [-0.4, -0.2) is 32.8 Å². The van der Waals surface area contributed by atoms with Crippen molar-refractivity contribution >= 4 is 0 Å². The van der Waals surface area contributed by atoms with Crippen molar-refractivity contribution in [1.29, 1.82) is 0 Å². The first-order chi connectivity index (χ1) is 7.33. The quantitative estimate of drug-likeness (QED) is 0.586. The van der Waals surface area contributed by atoms with Gasteiger partial charge in [0.25, 0.3) is 0 Å². The first kappa shape index (κ1) is 11.1. The van der Waals surface area contributed by atoms with Crippen molar-refractivity contribution < 1.29 is 0 Å². The lowest BCUT2D eigenvalue weighted by Gasteiger charge is -2.37. The maximum absolute atomic E-state index is 3.66. The lowest BCUT2D eigenvalue weighted by Crippen LogP contribution is -2.47. The molecule has 3 heteroatoms. The second kappa shape index (κ2) is 5.10. The van der Waals surface area contributed by atoms with E-state index < -0.39 is 0 Å². The van der Waals surface area contributed by atoms with E-state index in [1.165, 1.54) is 12.8 Å². The molecule has 0 spiro atoms. The van der Waals surface area contributed by atoms with Crippen molar-refractivity contribution in [2.75, 3.05) is 26.8 Å². The molecule has 1 fully saturated rings. The largest absolute Gasteiger partial charge is 0.319 e. The SMILES string of the molecule is CNCC1CC=C(C)[C@H]2CCNCNC12. The Balaban J connectivity index is 2.11. The molecule has 0 saturated carbocycles. The summed E-state index contributed by atoms with van der Waals surface area (Å²) in [6.07, 6.45) is 4.94. The van der Waals surface area contributed by atoms with Crippen LogP contribution in [0.25, 0.3) is 0 Å². The Labute approximate surface area is 92.7 Å². The van der Waals surface area contributed by atoms with Crippen molar-refractivity contribution in [3.05, 3.63) is 11.6 Å². The van der Waals surface area contributed by atoms with Gasteiger partial charge in [-0.25, -0.2) is 0 Å². The summed E-state index contributed by atoms with van der Waals surface area (Å²) < 4.78 is 0. The monoisotopic (exact) mass is 209 g/mol. The molecule has 0 radical (unpaired) electrons. The standard InChI is InChI=1S/C12H23N3/c1-9-3-4-10(7-13-2)12-11(9)5-6-14-8-15-12/h3,10-15H,4-8H2,1-2H3/t10?,11-,12?/m1/s1. The third kappa shape index (κ3) is 2.41. The molecule has 1 aliphatic carbocycles. The molecule has 86 valence electrons. The lowest BCUT2D eigenvalue weighted by molar-refractivity contribution is 0.269. The highest BCUT2D eigenvalue weighted by Gasteiger charge is 2.33. The molecule has 2 aliphatic rings. The summed E-state index contributed by atoms with van der Waals surface area (Å²) in [7, 11) is 2.05. The second-order valence-electron chi connectivity index (χ2n) is 4.80. The third-order valence-corrected chi connectivity index (χ3v) is 3.83. The third-order valence-electron chi connectivity index (χ3n) is 3.83. The summed E-state index contributed by atoms with van der Waals surface area (Å²) in [4.78, 5) is 0. The van der Waals surface area contributed by atoms with Crippen LogP contribution in [0.4, 0.5) is 0 Å². The molecule has 0 amide bonds. The van der Waals surface area contributed by atoms with Crippen molar-refractivity contribution in [1.82, 2.24) is 16.0 Å². The van der Waals surface area contributed by atoms with Gasteiger partial charge in [0.05, 0.1) is 0 Å². The fraction of sp³-hybridized carbons (Fsp3) is 0.833. The molecule has 0 aromatic rings. The molecule has 1 saturated heterocycles. The van der Waals surface area contributed by atoms with E-state index in [2.05, 4.69) is 36.0 Å². The molecule has 2 rings (SSSR count). The molecule has 3 N–H and O–H groups in total. The maximum Gasteiger partial charge on any atom is 0.0456 e. The Hall–Kier alpha value is -0.380. The number of allylic oxidation sites excluding steroid dienone is 1. The van der Waals surface area contributed by atoms with Gasteiger partial charge in [-0.3, -0.25) is 0 Å². The highest BCUT2D eigenvalue weighted by Crippen LogP contribution is 2.31. The highest BCUT2D eigenvalue weighted by molar-refractivity contribution is 5.14. The zero-order valence-electron chi connectivity index (χ0n) is 9.84. The molecule has 15 heavy (non-hydrogen) atoms. The summed E-state index contributed by atoms with van der Waals surface area (Å²) in [6.45, 7) is 5.53. The van der Waals surface area contributed by atoms with Gasteiger partial charge in [0.2, 0.25) is 0 Å². The van der Waals surface area contributed by atoms with Crippen LogP contribution in [-0.2, 0) is 0 Å². The van der Waals surface area contributed by atoms with Gasteiger partial charge in [0.15, 0.2) is 0 Å². The van der Waals surface area contributed by atoms with E-state index in [1.807, 2.05) is 0 Å². The van der Waals surface area contributed by atoms with Crippen LogP contribution < -0.4 is 16.0 Å². The van der Waals surface area contributed by atoms with Gasteiger partial charge in [-0.05, 0) is 51.7 Å². The molecule has 2 unspecified atom stereocenters. The molecule has 0 bridgehead atoms. The fourth-order valence-electron chi connectivity index (χ4n) is 2.97. The summed E-state index contributed by atoms with van der Waals surface area (Å²) in [5.74, 6) is 1.50. The van der Waals surface area contributed by atoms with E-state index in [-0.39, 0.29) is 0 Å². The van der Waals surface area contributed by atoms with Crippen LogP contribution >= 0.6 is 0 Å². The van der Waals surface area contributed by atoms with Crippen LogP contribution in [0, 0.1) is 11.8 Å². The minimum Gasteiger partial charge on any atom is -0.319 e. The Morgan fingerprint density at radius 3 is 3.20 bits per heavy atom. The Bertz CT molecular complexity index is 237. The van der Waals surface area contributed by atoms with Crippen LogP contribution in [0.3, 0.4) is 0 Å². The minimum absolute atomic E-state index is 0.664. The molecule has 1 heterocycles. The molecule has 0 aromatic carbocycles. The van der Waals surface area contributed by atoms with Crippen LogP contribution in [0.5, 0.6) is 0 Å². The Kier molecular flexibility index (Phi) is 3.78. The summed E-state index contributed by atoms with van der Waals surface area (Å²) in [5.41, 5.74) is 1.59. The minimum atomic E-state index is 0.664. The van der Waals surface area contributed by atoms with E-state index in [9.17, 15) is 0 Å². The molecule has 3 nitrogen and oxygen atoms in total. The van der Waals surface area contributed by atoms with E-state index in [4.69, 9.17) is 0 Å². The lowest BCUT2D eigenvalue weighted by atomic mass is 9.75. The van der Waals surface area contributed by atoms with Crippen molar-refractivity contribution in [2.45, 2.75) is 25.8 Å². The number of rotatable bonds is 2. The molecular weight excluding hydrogens is 186 g/mol. The van der Waals surface area contributed by atoms with Crippen LogP contribution in [0.1, 0.15) is 19.8 Å². The predicted octanol–water partition coefficient (Wildman–Crippen LogP) is 0.697. The van der Waals surface area contributed by atoms with Gasteiger partial charge < -0.3 is 16.0 Å². The zero-order valence-corrected chi connectivity index (χ0v) is 9.84. The van der Waals surface area contributed by atoms with Crippen LogP contribution in [0.2, 0.25) is 0 Å². The molecular formula is C12H23N3. The van der Waals surface area contributed by atoms with E-state index in [0.29, 0.717) is 6.04 Å². The molecule has 3 atom stereocenters.